The molecule has 15 heavy (non-hydrogen) atoms. The van der Waals surface area contributed by atoms with Gasteiger partial charge < -0.3 is 10.7 Å². The van der Waals surface area contributed by atoms with E-state index in [2.05, 4.69) is 37.7 Å². The number of hydrogen-bond acceptors (Lipinski definition) is 2. The second-order valence-corrected chi connectivity index (χ2v) is 5.59. The van der Waals surface area contributed by atoms with E-state index in [1.807, 2.05) is 0 Å². The predicted octanol–water partition coefficient (Wildman–Crippen LogP) is 2.43. The third-order valence-corrected chi connectivity index (χ3v) is 3.39. The molecule has 1 fully saturated rings. The van der Waals surface area contributed by atoms with E-state index < -0.39 is 0 Å². The first-order valence-electron chi connectivity index (χ1n) is 6.00. The van der Waals surface area contributed by atoms with E-state index in [0.29, 0.717) is 5.41 Å². The van der Waals surface area contributed by atoms with E-state index in [1.54, 1.807) is 0 Å². The van der Waals surface area contributed by atoms with Crippen molar-refractivity contribution in [1.29, 1.82) is 0 Å². The fourth-order valence-electron chi connectivity index (χ4n) is 2.27. The van der Waals surface area contributed by atoms with Gasteiger partial charge in [0.15, 0.2) is 0 Å². The molecule has 0 aliphatic carbocycles. The second-order valence-electron chi connectivity index (χ2n) is 5.59. The van der Waals surface area contributed by atoms with Gasteiger partial charge in [0.25, 0.3) is 0 Å². The van der Waals surface area contributed by atoms with Gasteiger partial charge in [-0.2, -0.15) is 5.10 Å². The number of nitrogens with zero attached hydrogens (tertiary/aromatic N) is 2. The Morgan fingerprint density at radius 3 is 2.60 bits per heavy atom. The molecule has 0 spiro atoms. The van der Waals surface area contributed by atoms with Crippen molar-refractivity contribution in [2.45, 2.75) is 47.0 Å². The predicted molar refractivity (Wildman–Crippen MR) is 65.7 cm³/mol. The molecule has 1 rings (SSSR count). The zero-order valence-corrected chi connectivity index (χ0v) is 10.6. The zero-order chi connectivity index (χ0) is 11.5. The lowest BCUT2D eigenvalue weighted by Crippen LogP contribution is -2.44. The van der Waals surface area contributed by atoms with Crippen molar-refractivity contribution in [2.75, 3.05) is 13.1 Å². The van der Waals surface area contributed by atoms with Crippen molar-refractivity contribution in [3.8, 4) is 0 Å². The Hall–Kier alpha value is -0.730. The van der Waals surface area contributed by atoms with Crippen LogP contribution in [-0.2, 0) is 0 Å². The van der Waals surface area contributed by atoms with Gasteiger partial charge in [-0.05, 0) is 24.2 Å². The summed E-state index contributed by atoms with van der Waals surface area (Å²) in [6.07, 6.45) is 3.42. The number of amidine groups is 1. The summed E-state index contributed by atoms with van der Waals surface area (Å²) in [4.78, 5) is 2.36. The Kier molecular flexibility index (Phi) is 4.00. The first-order valence-corrected chi connectivity index (χ1v) is 6.00. The Labute approximate surface area is 93.7 Å². The van der Waals surface area contributed by atoms with E-state index >= 15 is 0 Å². The van der Waals surface area contributed by atoms with Crippen molar-refractivity contribution in [3.05, 3.63) is 0 Å². The summed E-state index contributed by atoms with van der Waals surface area (Å²) in [5, 5.41) is 3.91. The van der Waals surface area contributed by atoms with E-state index in [0.717, 1.165) is 37.7 Å². The maximum Gasteiger partial charge on any atom is 0.124 e. The van der Waals surface area contributed by atoms with Crippen molar-refractivity contribution in [3.63, 3.8) is 0 Å². The zero-order valence-electron chi connectivity index (χ0n) is 10.6. The summed E-state index contributed by atoms with van der Waals surface area (Å²) in [7, 11) is 0. The van der Waals surface area contributed by atoms with E-state index in [4.69, 9.17) is 5.84 Å². The molecule has 0 aromatic carbocycles. The van der Waals surface area contributed by atoms with Gasteiger partial charge in [-0.3, -0.25) is 0 Å². The molecule has 1 unspecified atom stereocenters. The maximum absolute atomic E-state index is 5.42. The summed E-state index contributed by atoms with van der Waals surface area (Å²) in [5.41, 5.74) is 0.395. The van der Waals surface area contributed by atoms with Gasteiger partial charge in [0.05, 0.1) is 0 Å². The number of piperidine rings is 1. The normalized spacial score (nSPS) is 26.0. The molecule has 1 atom stereocenters. The van der Waals surface area contributed by atoms with Gasteiger partial charge in [-0.25, -0.2) is 0 Å². The molecule has 0 radical (unpaired) electrons. The van der Waals surface area contributed by atoms with Crippen molar-refractivity contribution in [2.24, 2.45) is 22.3 Å². The van der Waals surface area contributed by atoms with E-state index in [-0.39, 0.29) is 0 Å². The lowest BCUT2D eigenvalue weighted by Gasteiger charge is -2.41. The van der Waals surface area contributed by atoms with Gasteiger partial charge >= 0.3 is 0 Å². The van der Waals surface area contributed by atoms with Crippen LogP contribution in [0.15, 0.2) is 5.10 Å². The van der Waals surface area contributed by atoms with Crippen LogP contribution in [-0.4, -0.2) is 23.8 Å². The van der Waals surface area contributed by atoms with Crippen LogP contribution in [0.2, 0.25) is 0 Å². The minimum atomic E-state index is 0.395. The van der Waals surface area contributed by atoms with Gasteiger partial charge in [-0.1, -0.05) is 27.7 Å². The molecule has 0 saturated carbocycles. The number of hydrazone groups is 1. The quantitative estimate of drug-likeness (QED) is 0.563. The van der Waals surface area contributed by atoms with Crippen molar-refractivity contribution < 1.29 is 0 Å². The average Bonchev–Trinajstić information content (AvgIpc) is 2.17. The molecule has 3 heteroatoms. The Balaban J connectivity index is 2.66. The lowest BCUT2D eigenvalue weighted by atomic mass is 9.76. The van der Waals surface area contributed by atoms with Crippen molar-refractivity contribution in [1.82, 2.24) is 4.90 Å². The molecule has 0 aromatic rings. The van der Waals surface area contributed by atoms with E-state index in [1.165, 1.54) is 6.42 Å². The number of hydrogen-bond donors (Lipinski definition) is 1. The van der Waals surface area contributed by atoms with Crippen LogP contribution < -0.4 is 5.84 Å². The molecule has 88 valence electrons. The third-order valence-electron chi connectivity index (χ3n) is 3.39. The molecule has 3 nitrogen and oxygen atoms in total. The molecule has 1 aliphatic heterocycles. The van der Waals surface area contributed by atoms with Crippen LogP contribution in [0.5, 0.6) is 0 Å². The summed E-state index contributed by atoms with van der Waals surface area (Å²) < 4.78 is 0. The fourth-order valence-corrected chi connectivity index (χ4v) is 2.27. The molecule has 0 amide bonds. The molecule has 2 N–H and O–H groups in total. The Bertz CT molecular complexity index is 228. The average molecular weight is 211 g/mol. The van der Waals surface area contributed by atoms with Gasteiger partial charge in [0.1, 0.15) is 5.84 Å². The third kappa shape index (κ3) is 3.11. The molecule has 1 heterocycles. The molecule has 1 saturated heterocycles. The number of rotatable bonds is 2. The Morgan fingerprint density at radius 2 is 2.13 bits per heavy atom. The molecular weight excluding hydrogens is 186 g/mol. The molecule has 1 aliphatic rings. The second kappa shape index (κ2) is 4.86. The largest absolute Gasteiger partial charge is 0.358 e. The van der Waals surface area contributed by atoms with Crippen LogP contribution in [0.1, 0.15) is 47.0 Å². The minimum Gasteiger partial charge on any atom is -0.358 e. The van der Waals surface area contributed by atoms with Crippen LogP contribution in [0.4, 0.5) is 0 Å². The van der Waals surface area contributed by atoms with E-state index in [9.17, 15) is 0 Å². The van der Waals surface area contributed by atoms with Gasteiger partial charge in [0.2, 0.25) is 0 Å². The maximum atomic E-state index is 5.42. The topological polar surface area (TPSA) is 41.6 Å². The van der Waals surface area contributed by atoms with Crippen LogP contribution in [0.25, 0.3) is 0 Å². The Morgan fingerprint density at radius 1 is 1.47 bits per heavy atom. The SMILES string of the molecule is CCCN1CC(C(C)(C)C)CC/C1=N/N. The minimum absolute atomic E-state index is 0.395. The van der Waals surface area contributed by atoms with Crippen LogP contribution in [0, 0.1) is 11.3 Å². The molecular formula is C12H25N3. The summed E-state index contributed by atoms with van der Waals surface area (Å²) in [5.74, 6) is 7.28. The molecule has 0 bridgehead atoms. The highest BCUT2D eigenvalue weighted by atomic mass is 15.3. The van der Waals surface area contributed by atoms with Crippen LogP contribution >= 0.6 is 0 Å². The van der Waals surface area contributed by atoms with Crippen LogP contribution in [0.3, 0.4) is 0 Å². The highest BCUT2D eigenvalue weighted by Gasteiger charge is 2.31. The summed E-state index contributed by atoms with van der Waals surface area (Å²) >= 11 is 0. The number of likely N-dealkylation sites (tertiary alicyclic amines) is 1. The van der Waals surface area contributed by atoms with Gasteiger partial charge in [0, 0.05) is 19.5 Å². The summed E-state index contributed by atoms with van der Waals surface area (Å²) in [6, 6.07) is 0. The highest BCUT2D eigenvalue weighted by molar-refractivity contribution is 5.82. The first kappa shape index (κ1) is 12.3. The summed E-state index contributed by atoms with van der Waals surface area (Å²) in [6.45, 7) is 11.4. The standard InChI is InChI=1S/C12H25N3/c1-5-8-15-9-10(12(2,3)4)6-7-11(15)14-13/h10H,5-9,13H2,1-4H3/b14-11-. The number of nitrogens with two attached hydrogens (primary N) is 1. The highest BCUT2D eigenvalue weighted by Crippen LogP contribution is 2.33. The lowest BCUT2D eigenvalue weighted by molar-refractivity contribution is 0.162. The first-order chi connectivity index (χ1) is 6.99. The van der Waals surface area contributed by atoms with Gasteiger partial charge in [-0.15, -0.1) is 0 Å². The van der Waals surface area contributed by atoms with Crippen molar-refractivity contribution >= 4 is 5.84 Å². The fraction of sp³-hybridized carbons (Fsp3) is 0.917. The smallest absolute Gasteiger partial charge is 0.124 e. The molecule has 0 aromatic heterocycles. The monoisotopic (exact) mass is 211 g/mol.